The van der Waals surface area contributed by atoms with E-state index < -0.39 is 5.97 Å². The molecule has 0 amide bonds. The van der Waals surface area contributed by atoms with E-state index in [1.807, 2.05) is 13.1 Å². The molecule has 0 aliphatic carbocycles. The fourth-order valence-electron chi connectivity index (χ4n) is 1.99. The fourth-order valence-corrected chi connectivity index (χ4v) is 1.99. The highest BCUT2D eigenvalue weighted by atomic mass is 35.5. The number of rotatable bonds is 2. The quantitative estimate of drug-likeness (QED) is 0.838. The summed E-state index contributed by atoms with van der Waals surface area (Å²) in [5.74, 6) is 0.0827. The number of hydrogen-bond acceptors (Lipinski definition) is 2. The molecule has 15 heavy (non-hydrogen) atoms. The number of aliphatic carboxylic acids is 1. The Morgan fingerprint density at radius 1 is 1.73 bits per heavy atom. The molecule has 5 heteroatoms. The number of aryl methyl sites for hydroxylation is 2. The summed E-state index contributed by atoms with van der Waals surface area (Å²) in [6.45, 7) is 2.63. The van der Waals surface area contributed by atoms with E-state index in [-0.39, 0.29) is 18.3 Å². The molecule has 1 aromatic rings. The fraction of sp³-hybridized carbons (Fsp3) is 0.600. The van der Waals surface area contributed by atoms with E-state index in [9.17, 15) is 4.79 Å². The van der Waals surface area contributed by atoms with Crippen molar-refractivity contribution < 1.29 is 9.90 Å². The molecule has 0 fully saturated rings. The SMILES string of the molecule is CCc1ncc2n1CC(C(=O)O)CC2.Cl. The molecule has 1 atom stereocenters. The molecule has 0 saturated heterocycles. The van der Waals surface area contributed by atoms with Gasteiger partial charge in [0.15, 0.2) is 0 Å². The van der Waals surface area contributed by atoms with E-state index in [1.54, 1.807) is 0 Å². The van der Waals surface area contributed by atoms with Crippen LogP contribution in [0.15, 0.2) is 6.20 Å². The zero-order valence-electron chi connectivity index (χ0n) is 8.64. The molecule has 0 radical (unpaired) electrons. The van der Waals surface area contributed by atoms with Crippen LogP contribution in [0.4, 0.5) is 0 Å². The van der Waals surface area contributed by atoms with Gasteiger partial charge >= 0.3 is 5.97 Å². The van der Waals surface area contributed by atoms with E-state index >= 15 is 0 Å². The molecule has 1 aliphatic heterocycles. The summed E-state index contributed by atoms with van der Waals surface area (Å²) in [5, 5.41) is 8.93. The van der Waals surface area contributed by atoms with Crippen molar-refractivity contribution in [1.29, 1.82) is 0 Å². The third kappa shape index (κ3) is 2.15. The summed E-state index contributed by atoms with van der Waals surface area (Å²) in [4.78, 5) is 15.1. The second-order valence-electron chi connectivity index (χ2n) is 3.70. The van der Waals surface area contributed by atoms with Crippen LogP contribution in [0.1, 0.15) is 24.9 Å². The first kappa shape index (κ1) is 12.0. The van der Waals surface area contributed by atoms with Gasteiger partial charge in [-0.1, -0.05) is 6.92 Å². The summed E-state index contributed by atoms with van der Waals surface area (Å²) < 4.78 is 2.06. The highest BCUT2D eigenvalue weighted by Gasteiger charge is 2.25. The molecule has 1 aliphatic rings. The van der Waals surface area contributed by atoms with Gasteiger partial charge in [-0.3, -0.25) is 4.79 Å². The van der Waals surface area contributed by atoms with Crippen LogP contribution in [0.25, 0.3) is 0 Å². The van der Waals surface area contributed by atoms with Crippen molar-refractivity contribution in [3.8, 4) is 0 Å². The lowest BCUT2D eigenvalue weighted by molar-refractivity contribution is -0.142. The van der Waals surface area contributed by atoms with Crippen molar-refractivity contribution >= 4 is 18.4 Å². The number of aromatic nitrogens is 2. The topological polar surface area (TPSA) is 55.1 Å². The average molecular weight is 231 g/mol. The number of imidazole rings is 1. The molecule has 0 aromatic carbocycles. The number of fused-ring (bicyclic) bond motifs is 1. The predicted octanol–water partition coefficient (Wildman–Crippen LogP) is 1.51. The van der Waals surface area contributed by atoms with Gasteiger partial charge in [-0.15, -0.1) is 12.4 Å². The second kappa shape index (κ2) is 4.66. The maximum Gasteiger partial charge on any atom is 0.308 e. The van der Waals surface area contributed by atoms with Crippen LogP contribution in [-0.4, -0.2) is 20.6 Å². The Bertz CT molecular complexity index is 349. The summed E-state index contributed by atoms with van der Waals surface area (Å²) >= 11 is 0. The molecule has 0 spiro atoms. The molecule has 1 aromatic heterocycles. The molecular weight excluding hydrogens is 216 g/mol. The van der Waals surface area contributed by atoms with Crippen molar-refractivity contribution in [1.82, 2.24) is 9.55 Å². The lowest BCUT2D eigenvalue weighted by Gasteiger charge is -2.22. The van der Waals surface area contributed by atoms with Gasteiger partial charge in [0.05, 0.1) is 5.92 Å². The van der Waals surface area contributed by atoms with E-state index in [4.69, 9.17) is 5.11 Å². The molecule has 84 valence electrons. The Morgan fingerprint density at radius 3 is 3.07 bits per heavy atom. The van der Waals surface area contributed by atoms with E-state index in [1.165, 1.54) is 5.69 Å². The molecule has 0 saturated carbocycles. The first-order chi connectivity index (χ1) is 6.72. The number of hydrogen-bond donors (Lipinski definition) is 1. The maximum atomic E-state index is 10.9. The number of nitrogens with zero attached hydrogens (tertiary/aromatic N) is 2. The number of carboxylic acids is 1. The number of carboxylic acid groups (broad SMARTS) is 1. The molecule has 1 unspecified atom stereocenters. The minimum atomic E-state index is -0.689. The van der Waals surface area contributed by atoms with Crippen LogP contribution in [0.5, 0.6) is 0 Å². The Morgan fingerprint density at radius 2 is 2.47 bits per heavy atom. The van der Waals surface area contributed by atoms with E-state index in [0.717, 1.165) is 25.1 Å². The third-order valence-electron chi connectivity index (χ3n) is 2.84. The number of halogens is 1. The molecule has 2 heterocycles. The summed E-state index contributed by atoms with van der Waals surface area (Å²) in [7, 11) is 0. The molecule has 1 N–H and O–H groups in total. The van der Waals surface area contributed by atoms with Crippen molar-refractivity contribution in [3.05, 3.63) is 17.7 Å². The average Bonchev–Trinajstić information content (AvgIpc) is 2.59. The normalized spacial score (nSPS) is 19.1. The Balaban J connectivity index is 0.00000112. The van der Waals surface area contributed by atoms with Gasteiger partial charge in [0.1, 0.15) is 5.82 Å². The standard InChI is InChI=1S/C10H14N2O2.ClH/c1-2-9-11-5-8-4-3-7(10(13)14)6-12(8)9;/h5,7H,2-4,6H2,1H3,(H,13,14);1H. The summed E-state index contributed by atoms with van der Waals surface area (Å²) in [5.41, 5.74) is 1.18. The minimum absolute atomic E-state index is 0. The highest BCUT2D eigenvalue weighted by molar-refractivity contribution is 5.85. The summed E-state index contributed by atoms with van der Waals surface area (Å²) in [6, 6.07) is 0. The van der Waals surface area contributed by atoms with Crippen molar-refractivity contribution in [2.24, 2.45) is 5.92 Å². The largest absolute Gasteiger partial charge is 0.481 e. The van der Waals surface area contributed by atoms with Gasteiger partial charge in [-0.2, -0.15) is 0 Å². The lowest BCUT2D eigenvalue weighted by atomic mass is 9.98. The van der Waals surface area contributed by atoms with Crippen molar-refractivity contribution in [2.45, 2.75) is 32.7 Å². The van der Waals surface area contributed by atoms with E-state index in [0.29, 0.717) is 6.54 Å². The van der Waals surface area contributed by atoms with Crippen LogP contribution >= 0.6 is 12.4 Å². The maximum absolute atomic E-state index is 10.9. The Hall–Kier alpha value is -1.03. The third-order valence-corrected chi connectivity index (χ3v) is 2.84. The van der Waals surface area contributed by atoms with Gasteiger partial charge < -0.3 is 9.67 Å². The first-order valence-electron chi connectivity index (χ1n) is 4.98. The predicted molar refractivity (Wildman–Crippen MR) is 58.3 cm³/mol. The highest BCUT2D eigenvalue weighted by Crippen LogP contribution is 2.21. The first-order valence-corrected chi connectivity index (χ1v) is 4.98. The Labute approximate surface area is 94.7 Å². The summed E-state index contributed by atoms with van der Waals surface area (Å²) in [6.07, 6.45) is 4.32. The van der Waals surface area contributed by atoms with Gasteiger partial charge in [0.25, 0.3) is 0 Å². The van der Waals surface area contributed by atoms with Crippen LogP contribution < -0.4 is 0 Å². The van der Waals surface area contributed by atoms with Crippen LogP contribution in [0, 0.1) is 5.92 Å². The van der Waals surface area contributed by atoms with Gasteiger partial charge in [0.2, 0.25) is 0 Å². The van der Waals surface area contributed by atoms with E-state index in [2.05, 4.69) is 9.55 Å². The van der Waals surface area contributed by atoms with Crippen LogP contribution in [0.2, 0.25) is 0 Å². The molecular formula is C10H15ClN2O2. The molecule has 2 rings (SSSR count). The van der Waals surface area contributed by atoms with Crippen molar-refractivity contribution in [2.75, 3.05) is 0 Å². The zero-order valence-corrected chi connectivity index (χ0v) is 9.46. The van der Waals surface area contributed by atoms with Gasteiger partial charge in [0, 0.05) is 24.9 Å². The lowest BCUT2D eigenvalue weighted by Crippen LogP contribution is -2.27. The van der Waals surface area contributed by atoms with Crippen LogP contribution in [-0.2, 0) is 24.2 Å². The second-order valence-corrected chi connectivity index (χ2v) is 3.70. The van der Waals surface area contributed by atoms with Crippen LogP contribution in [0.3, 0.4) is 0 Å². The Kier molecular flexibility index (Phi) is 3.74. The number of carbonyl (C=O) groups is 1. The van der Waals surface area contributed by atoms with Gasteiger partial charge in [-0.25, -0.2) is 4.98 Å². The minimum Gasteiger partial charge on any atom is -0.481 e. The monoisotopic (exact) mass is 230 g/mol. The zero-order chi connectivity index (χ0) is 10.1. The molecule has 0 bridgehead atoms. The van der Waals surface area contributed by atoms with Crippen molar-refractivity contribution in [3.63, 3.8) is 0 Å². The smallest absolute Gasteiger partial charge is 0.308 e. The molecule has 4 nitrogen and oxygen atoms in total. The van der Waals surface area contributed by atoms with Gasteiger partial charge in [-0.05, 0) is 12.8 Å².